The Balaban J connectivity index is 2.00. The molecule has 1 aromatic rings. The molecule has 0 bridgehead atoms. The van der Waals surface area contributed by atoms with E-state index < -0.39 is 0 Å². The predicted molar refractivity (Wildman–Crippen MR) is 99.8 cm³/mol. The summed E-state index contributed by atoms with van der Waals surface area (Å²) in [4.78, 5) is 24.2. The number of aromatic nitrogens is 2. The van der Waals surface area contributed by atoms with Gasteiger partial charge >= 0.3 is 0 Å². The number of likely N-dealkylation sites (tertiary alicyclic amines) is 1. The van der Waals surface area contributed by atoms with Crippen molar-refractivity contribution >= 4 is 17.7 Å². The number of carbonyl (C=O) groups excluding carboxylic acids is 1. The van der Waals surface area contributed by atoms with Crippen molar-refractivity contribution in [3.63, 3.8) is 0 Å². The Kier molecular flexibility index (Phi) is 7.04. The Morgan fingerprint density at radius 1 is 1.25 bits per heavy atom. The Labute approximate surface area is 150 Å². The average molecular weight is 351 g/mol. The van der Waals surface area contributed by atoms with Gasteiger partial charge in [-0.3, -0.25) is 4.79 Å². The van der Waals surface area contributed by atoms with Crippen LogP contribution in [0.5, 0.6) is 0 Å². The second kappa shape index (κ2) is 8.81. The monoisotopic (exact) mass is 350 g/mol. The molecule has 24 heavy (non-hydrogen) atoms. The largest absolute Gasteiger partial charge is 0.352 e. The molecule has 2 rings (SSSR count). The van der Waals surface area contributed by atoms with Crippen LogP contribution in [0.1, 0.15) is 61.4 Å². The molecule has 6 heteroatoms. The summed E-state index contributed by atoms with van der Waals surface area (Å²) in [5.41, 5.74) is 1.39. The number of nitrogens with zero attached hydrogens (tertiary/aromatic N) is 3. The number of hydrogen-bond acceptors (Lipinski definition) is 5. The molecule has 1 unspecified atom stereocenters. The van der Waals surface area contributed by atoms with E-state index >= 15 is 0 Å². The van der Waals surface area contributed by atoms with Gasteiger partial charge < -0.3 is 10.2 Å². The number of carbonyl (C=O) groups is 1. The highest BCUT2D eigenvalue weighted by atomic mass is 32.2. The molecule has 0 spiro atoms. The third kappa shape index (κ3) is 4.93. The van der Waals surface area contributed by atoms with Gasteiger partial charge in [0.15, 0.2) is 0 Å². The van der Waals surface area contributed by atoms with Gasteiger partial charge in [-0.15, -0.1) is 11.8 Å². The molecule has 2 heterocycles. The Hall–Kier alpha value is -1.14. The second-order valence-corrected chi connectivity index (χ2v) is 7.82. The third-order valence-corrected chi connectivity index (χ3v) is 5.07. The highest BCUT2D eigenvalue weighted by molar-refractivity contribution is 7.98. The summed E-state index contributed by atoms with van der Waals surface area (Å²) in [7, 11) is 0. The topological polar surface area (TPSA) is 58.1 Å². The van der Waals surface area contributed by atoms with Crippen LogP contribution >= 0.6 is 11.8 Å². The minimum atomic E-state index is -0.0552. The summed E-state index contributed by atoms with van der Waals surface area (Å²) in [5, 5.41) is 3.85. The van der Waals surface area contributed by atoms with Gasteiger partial charge in [0.1, 0.15) is 10.9 Å². The molecule has 1 aromatic heterocycles. The van der Waals surface area contributed by atoms with Gasteiger partial charge in [0.25, 0.3) is 5.91 Å². The first-order valence-corrected chi connectivity index (χ1v) is 10.1. The first-order chi connectivity index (χ1) is 11.4. The van der Waals surface area contributed by atoms with E-state index in [1.165, 1.54) is 37.7 Å². The number of amides is 1. The van der Waals surface area contributed by atoms with E-state index in [2.05, 4.69) is 41.0 Å². The molecule has 0 saturated carbocycles. The Morgan fingerprint density at radius 2 is 1.92 bits per heavy atom. The first kappa shape index (κ1) is 19.2. The van der Waals surface area contributed by atoms with Gasteiger partial charge in [-0.05, 0) is 45.0 Å². The molecule has 1 amide bonds. The molecule has 0 radical (unpaired) electrons. The molecule has 1 aliphatic rings. The average Bonchev–Trinajstić information content (AvgIpc) is 3.04. The fraction of sp³-hybridized carbons (Fsp3) is 0.722. The lowest BCUT2D eigenvalue weighted by molar-refractivity contribution is 0.0940. The van der Waals surface area contributed by atoms with E-state index in [0.29, 0.717) is 18.0 Å². The molecule has 1 N–H and O–H groups in total. The van der Waals surface area contributed by atoms with Crippen molar-refractivity contribution in [1.29, 1.82) is 0 Å². The van der Waals surface area contributed by atoms with E-state index in [0.717, 1.165) is 23.1 Å². The Morgan fingerprint density at radius 3 is 2.50 bits per heavy atom. The van der Waals surface area contributed by atoms with Crippen LogP contribution in [0.15, 0.2) is 5.03 Å². The first-order valence-electron chi connectivity index (χ1n) is 8.85. The van der Waals surface area contributed by atoms with Crippen LogP contribution in [-0.2, 0) is 0 Å². The lowest BCUT2D eigenvalue weighted by Crippen LogP contribution is -2.35. The van der Waals surface area contributed by atoms with E-state index in [4.69, 9.17) is 0 Å². The summed E-state index contributed by atoms with van der Waals surface area (Å²) in [6.07, 6.45) is 4.56. The molecule has 0 aliphatic carbocycles. The van der Waals surface area contributed by atoms with E-state index in [1.807, 2.05) is 13.2 Å². The van der Waals surface area contributed by atoms with E-state index in [1.54, 1.807) is 0 Å². The lowest BCUT2D eigenvalue weighted by Gasteiger charge is -2.21. The van der Waals surface area contributed by atoms with Crippen LogP contribution in [0, 0.1) is 12.8 Å². The molecular formula is C18H30N4OS. The number of aryl methyl sites for hydroxylation is 1. The smallest absolute Gasteiger partial charge is 0.255 e. The van der Waals surface area contributed by atoms with Crippen molar-refractivity contribution in [3.8, 4) is 0 Å². The minimum Gasteiger partial charge on any atom is -0.352 e. The molecule has 1 fully saturated rings. The van der Waals surface area contributed by atoms with E-state index in [9.17, 15) is 4.79 Å². The number of nitrogens with one attached hydrogen (secondary N) is 1. The van der Waals surface area contributed by atoms with E-state index in [-0.39, 0.29) is 11.8 Å². The number of hydrogen-bond donors (Lipinski definition) is 1. The normalized spacial score (nSPS) is 16.6. The highest BCUT2D eigenvalue weighted by Crippen LogP contribution is 2.23. The van der Waals surface area contributed by atoms with Crippen LogP contribution in [0.25, 0.3) is 0 Å². The molecule has 1 atom stereocenters. The van der Waals surface area contributed by atoms with Crippen LogP contribution in [-0.4, -0.2) is 53.2 Å². The van der Waals surface area contributed by atoms with Crippen LogP contribution < -0.4 is 5.32 Å². The minimum absolute atomic E-state index is 0.0552. The fourth-order valence-corrected chi connectivity index (χ4v) is 3.69. The summed E-state index contributed by atoms with van der Waals surface area (Å²) >= 11 is 1.51. The molecule has 1 aliphatic heterocycles. The molecule has 1 saturated heterocycles. The fourth-order valence-electron chi connectivity index (χ4n) is 3.06. The molecule has 134 valence electrons. The molecular weight excluding hydrogens is 320 g/mol. The zero-order valence-electron chi connectivity index (χ0n) is 15.6. The molecule has 5 nitrogen and oxygen atoms in total. The van der Waals surface area contributed by atoms with Crippen LogP contribution in [0.3, 0.4) is 0 Å². The summed E-state index contributed by atoms with van der Waals surface area (Å²) in [5.74, 6) is 1.45. The van der Waals surface area contributed by atoms with Gasteiger partial charge in [-0.1, -0.05) is 20.8 Å². The summed E-state index contributed by atoms with van der Waals surface area (Å²) < 4.78 is 0. The lowest BCUT2D eigenvalue weighted by atomic mass is 10.1. The highest BCUT2D eigenvalue weighted by Gasteiger charge is 2.20. The quantitative estimate of drug-likeness (QED) is 0.605. The van der Waals surface area contributed by atoms with Gasteiger partial charge in [0.05, 0.1) is 11.3 Å². The second-order valence-electron chi connectivity index (χ2n) is 7.03. The molecule has 0 aromatic carbocycles. The van der Waals surface area contributed by atoms with Gasteiger partial charge in [-0.25, -0.2) is 9.97 Å². The third-order valence-electron chi connectivity index (χ3n) is 4.39. The van der Waals surface area contributed by atoms with Crippen molar-refractivity contribution in [2.75, 3.05) is 32.4 Å². The van der Waals surface area contributed by atoms with Gasteiger partial charge in [0.2, 0.25) is 0 Å². The SMILES string of the molecule is CSc1nc(C(C)C)nc(C)c1C(=O)NCC(C)CN1CCCC1. The Bertz CT molecular complexity index is 570. The van der Waals surface area contributed by atoms with Crippen molar-refractivity contribution in [3.05, 3.63) is 17.1 Å². The standard InChI is InChI=1S/C18H30N4OS/c1-12(2)16-20-14(4)15(18(21-16)24-5)17(23)19-10-13(3)11-22-8-6-7-9-22/h12-13H,6-11H2,1-5H3,(H,19,23). The zero-order valence-corrected chi connectivity index (χ0v) is 16.4. The maximum absolute atomic E-state index is 12.6. The zero-order chi connectivity index (χ0) is 17.7. The van der Waals surface area contributed by atoms with Gasteiger partial charge in [-0.2, -0.15) is 0 Å². The van der Waals surface area contributed by atoms with Crippen molar-refractivity contribution < 1.29 is 4.79 Å². The summed E-state index contributed by atoms with van der Waals surface area (Å²) in [6, 6.07) is 0. The van der Waals surface area contributed by atoms with Crippen molar-refractivity contribution in [2.24, 2.45) is 5.92 Å². The number of rotatable bonds is 7. The van der Waals surface area contributed by atoms with Crippen molar-refractivity contribution in [2.45, 2.75) is 51.5 Å². The van der Waals surface area contributed by atoms with Crippen LogP contribution in [0.4, 0.5) is 0 Å². The van der Waals surface area contributed by atoms with Gasteiger partial charge in [0, 0.05) is 19.0 Å². The van der Waals surface area contributed by atoms with Crippen LogP contribution in [0.2, 0.25) is 0 Å². The van der Waals surface area contributed by atoms with Crippen molar-refractivity contribution in [1.82, 2.24) is 20.2 Å². The predicted octanol–water partition coefficient (Wildman–Crippen LogP) is 3.09. The maximum atomic E-state index is 12.6. The maximum Gasteiger partial charge on any atom is 0.255 e. The summed E-state index contributed by atoms with van der Waals surface area (Å²) in [6.45, 7) is 12.4. The number of thioether (sulfide) groups is 1.